The van der Waals surface area contributed by atoms with Crippen LogP contribution in [0, 0.1) is 11.3 Å². The maximum atomic E-state index is 8.27. The van der Waals surface area contributed by atoms with Gasteiger partial charge in [-0.05, 0) is 19.9 Å². The molecule has 68 valence electrons. The van der Waals surface area contributed by atoms with Crippen molar-refractivity contribution in [2.24, 2.45) is 0 Å². The van der Waals surface area contributed by atoms with Crippen LogP contribution >= 0.6 is 0 Å². The number of hydrogen-bond acceptors (Lipinski definition) is 3. The first-order valence-electron chi connectivity index (χ1n) is 4.62. The molecule has 0 saturated heterocycles. The van der Waals surface area contributed by atoms with Crippen molar-refractivity contribution in [3.8, 4) is 6.07 Å². The highest BCUT2D eigenvalue weighted by Crippen LogP contribution is 2.24. The van der Waals surface area contributed by atoms with Crippen molar-refractivity contribution in [3.63, 3.8) is 0 Å². The van der Waals surface area contributed by atoms with Crippen LogP contribution in [0.4, 0.5) is 0 Å². The quantitative estimate of drug-likeness (QED) is 0.588. The molecule has 1 saturated carbocycles. The monoisotopic (exact) mass is 167 g/mol. The number of likely N-dealkylation sites (N-methyl/N-ethyl adjacent to an activating group) is 1. The van der Waals surface area contributed by atoms with Crippen LogP contribution < -0.4 is 5.32 Å². The summed E-state index contributed by atoms with van der Waals surface area (Å²) in [5.41, 5.74) is 0. The van der Waals surface area contributed by atoms with E-state index in [2.05, 4.69) is 23.3 Å². The van der Waals surface area contributed by atoms with E-state index >= 15 is 0 Å². The average molecular weight is 167 g/mol. The van der Waals surface area contributed by atoms with Crippen LogP contribution in [0.3, 0.4) is 0 Å². The highest BCUT2D eigenvalue weighted by atomic mass is 15.2. The predicted molar refractivity (Wildman–Crippen MR) is 48.8 cm³/mol. The highest BCUT2D eigenvalue weighted by Gasteiger charge is 2.25. The summed E-state index contributed by atoms with van der Waals surface area (Å²) < 4.78 is 0. The molecule has 1 aliphatic carbocycles. The minimum atomic E-state index is 0.618. The highest BCUT2D eigenvalue weighted by molar-refractivity contribution is 4.82. The van der Waals surface area contributed by atoms with E-state index in [4.69, 9.17) is 5.26 Å². The first-order valence-corrected chi connectivity index (χ1v) is 4.62. The standard InChI is InChI=1S/C9H17N3/c1-12(9-3-4-9)8-7-11-6-2-5-10/h9,11H,2-4,6-8H2,1H3. The van der Waals surface area contributed by atoms with Crippen molar-refractivity contribution < 1.29 is 0 Å². The number of nitrogens with zero attached hydrogens (tertiary/aromatic N) is 2. The zero-order chi connectivity index (χ0) is 8.81. The van der Waals surface area contributed by atoms with Crippen molar-refractivity contribution >= 4 is 0 Å². The van der Waals surface area contributed by atoms with Crippen molar-refractivity contribution in [3.05, 3.63) is 0 Å². The Morgan fingerprint density at radius 1 is 1.50 bits per heavy atom. The lowest BCUT2D eigenvalue weighted by Crippen LogP contribution is -2.31. The van der Waals surface area contributed by atoms with Gasteiger partial charge in [-0.1, -0.05) is 0 Å². The SMILES string of the molecule is CN(CCNCCC#N)C1CC1. The second-order valence-corrected chi connectivity index (χ2v) is 3.37. The third kappa shape index (κ3) is 3.70. The summed E-state index contributed by atoms with van der Waals surface area (Å²) in [6, 6.07) is 2.96. The molecule has 0 aromatic heterocycles. The van der Waals surface area contributed by atoms with E-state index in [1.165, 1.54) is 12.8 Å². The van der Waals surface area contributed by atoms with Crippen LogP contribution in [0.1, 0.15) is 19.3 Å². The van der Waals surface area contributed by atoms with Crippen LogP contribution in [0.2, 0.25) is 0 Å². The van der Waals surface area contributed by atoms with Gasteiger partial charge < -0.3 is 10.2 Å². The third-order valence-electron chi connectivity index (χ3n) is 2.23. The number of rotatable bonds is 6. The van der Waals surface area contributed by atoms with Gasteiger partial charge in [0.15, 0.2) is 0 Å². The fourth-order valence-corrected chi connectivity index (χ4v) is 1.22. The average Bonchev–Trinajstić information content (AvgIpc) is 2.86. The van der Waals surface area contributed by atoms with E-state index in [1.807, 2.05) is 0 Å². The molecule has 0 aromatic rings. The Balaban J connectivity index is 1.85. The maximum Gasteiger partial charge on any atom is 0.0635 e. The van der Waals surface area contributed by atoms with E-state index in [0.29, 0.717) is 6.42 Å². The fourth-order valence-electron chi connectivity index (χ4n) is 1.22. The maximum absolute atomic E-state index is 8.27. The summed E-state index contributed by atoms with van der Waals surface area (Å²) in [6.07, 6.45) is 3.36. The number of nitriles is 1. The zero-order valence-electron chi connectivity index (χ0n) is 7.71. The molecule has 0 radical (unpaired) electrons. The van der Waals surface area contributed by atoms with Gasteiger partial charge in [-0.2, -0.15) is 5.26 Å². The third-order valence-corrected chi connectivity index (χ3v) is 2.23. The molecule has 1 aliphatic rings. The molecule has 0 bridgehead atoms. The molecule has 0 unspecified atom stereocenters. The molecule has 1 fully saturated rings. The summed E-state index contributed by atoms with van der Waals surface area (Å²) in [6.45, 7) is 2.94. The molecule has 12 heavy (non-hydrogen) atoms. The van der Waals surface area contributed by atoms with Gasteiger partial charge >= 0.3 is 0 Å². The normalized spacial score (nSPS) is 16.4. The molecule has 0 spiro atoms. The van der Waals surface area contributed by atoms with Crippen molar-refractivity contribution in [1.29, 1.82) is 5.26 Å². The van der Waals surface area contributed by atoms with E-state index < -0.39 is 0 Å². The first kappa shape index (κ1) is 9.50. The molecule has 0 aromatic carbocycles. The van der Waals surface area contributed by atoms with Gasteiger partial charge in [0.05, 0.1) is 6.07 Å². The van der Waals surface area contributed by atoms with E-state index in [-0.39, 0.29) is 0 Å². The number of hydrogen-bond donors (Lipinski definition) is 1. The van der Waals surface area contributed by atoms with E-state index in [1.54, 1.807) is 0 Å². The van der Waals surface area contributed by atoms with Crippen molar-refractivity contribution in [2.75, 3.05) is 26.7 Å². The fraction of sp³-hybridized carbons (Fsp3) is 0.889. The Bertz CT molecular complexity index is 158. The lowest BCUT2D eigenvalue weighted by atomic mass is 10.4. The lowest BCUT2D eigenvalue weighted by molar-refractivity contribution is 0.322. The van der Waals surface area contributed by atoms with Gasteiger partial charge in [0.25, 0.3) is 0 Å². The lowest BCUT2D eigenvalue weighted by Gasteiger charge is -2.15. The van der Waals surface area contributed by atoms with Crippen LogP contribution in [-0.2, 0) is 0 Å². The molecular weight excluding hydrogens is 150 g/mol. The minimum absolute atomic E-state index is 0.618. The molecule has 1 N–H and O–H groups in total. The topological polar surface area (TPSA) is 39.1 Å². The van der Waals surface area contributed by atoms with Gasteiger partial charge in [-0.3, -0.25) is 0 Å². The van der Waals surface area contributed by atoms with Crippen LogP contribution in [0.25, 0.3) is 0 Å². The Hall–Kier alpha value is -0.590. The molecule has 0 atom stereocenters. The van der Waals surface area contributed by atoms with Gasteiger partial charge in [-0.15, -0.1) is 0 Å². The van der Waals surface area contributed by atoms with Crippen LogP contribution in [-0.4, -0.2) is 37.6 Å². The van der Waals surface area contributed by atoms with E-state index in [0.717, 1.165) is 25.7 Å². The second kappa shape index (κ2) is 5.13. The van der Waals surface area contributed by atoms with Crippen LogP contribution in [0.15, 0.2) is 0 Å². The molecule has 3 nitrogen and oxygen atoms in total. The predicted octanol–water partition coefficient (Wildman–Crippen LogP) is 0.584. The Morgan fingerprint density at radius 3 is 2.83 bits per heavy atom. The second-order valence-electron chi connectivity index (χ2n) is 3.37. The molecule has 0 amide bonds. The summed E-state index contributed by atoms with van der Waals surface area (Å²) in [5.74, 6) is 0. The number of nitrogens with one attached hydrogen (secondary N) is 1. The van der Waals surface area contributed by atoms with Gasteiger partial charge in [-0.25, -0.2) is 0 Å². The van der Waals surface area contributed by atoms with E-state index in [9.17, 15) is 0 Å². The molecule has 0 aliphatic heterocycles. The summed E-state index contributed by atoms with van der Waals surface area (Å²) in [5, 5.41) is 11.5. The summed E-state index contributed by atoms with van der Waals surface area (Å²) >= 11 is 0. The zero-order valence-corrected chi connectivity index (χ0v) is 7.71. The first-order chi connectivity index (χ1) is 5.84. The molecule has 3 heteroatoms. The summed E-state index contributed by atoms with van der Waals surface area (Å²) in [4.78, 5) is 2.39. The largest absolute Gasteiger partial charge is 0.314 e. The van der Waals surface area contributed by atoms with Crippen molar-refractivity contribution in [1.82, 2.24) is 10.2 Å². The summed E-state index contributed by atoms with van der Waals surface area (Å²) in [7, 11) is 2.17. The van der Waals surface area contributed by atoms with Crippen molar-refractivity contribution in [2.45, 2.75) is 25.3 Å². The molecule has 0 heterocycles. The van der Waals surface area contributed by atoms with Gasteiger partial charge in [0.1, 0.15) is 0 Å². The van der Waals surface area contributed by atoms with Gasteiger partial charge in [0.2, 0.25) is 0 Å². The molecular formula is C9H17N3. The Kier molecular flexibility index (Phi) is 4.06. The Labute approximate surface area is 74.4 Å². The smallest absolute Gasteiger partial charge is 0.0635 e. The minimum Gasteiger partial charge on any atom is -0.314 e. The molecule has 1 rings (SSSR count). The Morgan fingerprint density at radius 2 is 2.25 bits per heavy atom. The van der Waals surface area contributed by atoms with Crippen LogP contribution in [0.5, 0.6) is 0 Å². The van der Waals surface area contributed by atoms with Gasteiger partial charge in [0, 0.05) is 32.1 Å².